The van der Waals surface area contributed by atoms with Crippen LogP contribution in [0, 0.1) is 19.8 Å². The predicted octanol–water partition coefficient (Wildman–Crippen LogP) is 5.09. The van der Waals surface area contributed by atoms with Crippen molar-refractivity contribution in [3.63, 3.8) is 0 Å². The van der Waals surface area contributed by atoms with Gasteiger partial charge >= 0.3 is 6.09 Å². The van der Waals surface area contributed by atoms with Gasteiger partial charge in [-0.05, 0) is 75.8 Å². The maximum Gasteiger partial charge on any atom is 0.408 e. The van der Waals surface area contributed by atoms with E-state index in [9.17, 15) is 19.5 Å². The van der Waals surface area contributed by atoms with E-state index in [2.05, 4.69) is 10.6 Å². The summed E-state index contributed by atoms with van der Waals surface area (Å²) in [4.78, 5) is 41.1. The van der Waals surface area contributed by atoms with Gasteiger partial charge in [0.1, 0.15) is 23.4 Å². The first kappa shape index (κ1) is 28.7. The second-order valence-electron chi connectivity index (χ2n) is 10.5. The van der Waals surface area contributed by atoms with Crippen molar-refractivity contribution in [3.8, 4) is 5.75 Å². The van der Waals surface area contributed by atoms with Crippen LogP contribution < -0.4 is 10.6 Å². The summed E-state index contributed by atoms with van der Waals surface area (Å²) in [6, 6.07) is 9.96. The number of carbonyl (C=O) groups excluding carboxylic acids is 3. The third-order valence-electron chi connectivity index (χ3n) is 5.62. The zero-order valence-electron chi connectivity index (χ0n) is 22.5. The molecule has 2 atom stereocenters. The number of carbonyl (C=O) groups is 3. The zero-order valence-corrected chi connectivity index (χ0v) is 22.5. The maximum atomic E-state index is 13.7. The number of para-hydroxylation sites is 1. The van der Waals surface area contributed by atoms with Crippen LogP contribution in [-0.2, 0) is 14.3 Å². The number of hydrogen-bond acceptors (Lipinski definition) is 5. The molecular weight excluding hydrogens is 458 g/mol. The zero-order chi connectivity index (χ0) is 27.2. The highest BCUT2D eigenvalue weighted by atomic mass is 16.6. The molecule has 0 saturated heterocycles. The molecule has 2 rings (SSSR count). The summed E-state index contributed by atoms with van der Waals surface area (Å²) in [6.45, 7) is 12.9. The molecule has 8 heteroatoms. The van der Waals surface area contributed by atoms with Crippen molar-refractivity contribution in [1.29, 1.82) is 0 Å². The Balaban J connectivity index is 2.41. The van der Waals surface area contributed by atoms with Gasteiger partial charge in [0.05, 0.1) is 0 Å². The molecule has 2 aromatic carbocycles. The molecule has 0 saturated carbocycles. The number of nitrogens with one attached hydrogen (secondary N) is 2. The quantitative estimate of drug-likeness (QED) is 0.471. The second kappa shape index (κ2) is 11.9. The number of nitrogens with zero attached hydrogens (tertiary/aromatic N) is 1. The van der Waals surface area contributed by atoms with Crippen LogP contribution in [0.1, 0.15) is 63.8 Å². The second-order valence-corrected chi connectivity index (χ2v) is 10.5. The molecule has 0 radical (unpaired) electrons. The fourth-order valence-electron chi connectivity index (χ4n) is 3.93. The highest BCUT2D eigenvalue weighted by Crippen LogP contribution is 2.27. The Morgan fingerprint density at radius 3 is 2.06 bits per heavy atom. The molecule has 0 aliphatic carbocycles. The molecule has 0 aromatic heterocycles. The molecule has 8 nitrogen and oxygen atoms in total. The average Bonchev–Trinajstić information content (AvgIpc) is 2.75. The predicted molar refractivity (Wildman–Crippen MR) is 141 cm³/mol. The van der Waals surface area contributed by atoms with Crippen LogP contribution in [0.3, 0.4) is 0 Å². The number of phenolic OH excluding ortho intramolecular Hbond substituents is 1. The number of anilines is 1. The lowest BCUT2D eigenvalue weighted by Crippen LogP contribution is -2.51. The Bertz CT molecular complexity index is 1050. The first-order chi connectivity index (χ1) is 16.7. The van der Waals surface area contributed by atoms with Gasteiger partial charge in [-0.25, -0.2) is 4.79 Å². The molecule has 0 aliphatic rings. The molecule has 0 aliphatic heterocycles. The SMILES string of the molecule is Cc1cccc(C)c1NC(=O)C(c1ccc(O)cc1)N(C)C(=O)C(CC(C)C)NC(=O)OC(C)(C)C. The van der Waals surface area contributed by atoms with E-state index in [0.717, 1.165) is 11.1 Å². The Kier molecular flexibility index (Phi) is 9.50. The lowest BCUT2D eigenvalue weighted by Gasteiger charge is -2.32. The molecule has 0 bridgehead atoms. The number of benzene rings is 2. The summed E-state index contributed by atoms with van der Waals surface area (Å²) >= 11 is 0. The number of hydrogen-bond donors (Lipinski definition) is 3. The van der Waals surface area contributed by atoms with Crippen molar-refractivity contribution >= 4 is 23.6 Å². The number of aryl methyl sites for hydroxylation is 2. The smallest absolute Gasteiger partial charge is 0.408 e. The summed E-state index contributed by atoms with van der Waals surface area (Å²) in [6.07, 6.45) is -0.334. The number of aromatic hydroxyl groups is 1. The van der Waals surface area contributed by atoms with E-state index in [1.165, 1.54) is 24.1 Å². The van der Waals surface area contributed by atoms with Gasteiger partial charge in [0, 0.05) is 12.7 Å². The van der Waals surface area contributed by atoms with Gasteiger partial charge in [-0.15, -0.1) is 0 Å². The van der Waals surface area contributed by atoms with Crippen molar-refractivity contribution in [1.82, 2.24) is 10.2 Å². The van der Waals surface area contributed by atoms with E-state index < -0.39 is 35.6 Å². The van der Waals surface area contributed by atoms with Gasteiger partial charge < -0.3 is 25.4 Å². The third-order valence-corrected chi connectivity index (χ3v) is 5.62. The Hall–Kier alpha value is -3.55. The van der Waals surface area contributed by atoms with Crippen LogP contribution in [-0.4, -0.2) is 46.6 Å². The fraction of sp³-hybridized carbons (Fsp3) is 0.464. The van der Waals surface area contributed by atoms with Crippen molar-refractivity contribution < 1.29 is 24.2 Å². The summed E-state index contributed by atoms with van der Waals surface area (Å²) in [5, 5.41) is 15.4. The van der Waals surface area contributed by atoms with E-state index in [-0.39, 0.29) is 11.7 Å². The number of amides is 3. The highest BCUT2D eigenvalue weighted by Gasteiger charge is 2.34. The molecule has 2 unspecified atom stereocenters. The van der Waals surface area contributed by atoms with Crippen LogP contribution in [0.15, 0.2) is 42.5 Å². The topological polar surface area (TPSA) is 108 Å². The molecule has 0 fully saturated rings. The molecule has 196 valence electrons. The lowest BCUT2D eigenvalue weighted by molar-refractivity contribution is -0.139. The highest BCUT2D eigenvalue weighted by molar-refractivity contribution is 5.99. The van der Waals surface area contributed by atoms with E-state index in [4.69, 9.17) is 4.74 Å². The van der Waals surface area contributed by atoms with Gasteiger partial charge in [-0.2, -0.15) is 0 Å². The summed E-state index contributed by atoms with van der Waals surface area (Å²) < 4.78 is 5.36. The summed E-state index contributed by atoms with van der Waals surface area (Å²) in [7, 11) is 1.54. The van der Waals surface area contributed by atoms with Crippen molar-refractivity contribution in [3.05, 3.63) is 59.2 Å². The van der Waals surface area contributed by atoms with Crippen LogP contribution in [0.25, 0.3) is 0 Å². The minimum absolute atomic E-state index is 0.0471. The Morgan fingerprint density at radius 2 is 1.56 bits per heavy atom. The summed E-state index contributed by atoms with van der Waals surface area (Å²) in [5.74, 6) is -0.692. The van der Waals surface area contributed by atoms with Crippen LogP contribution in [0.5, 0.6) is 5.75 Å². The van der Waals surface area contributed by atoms with E-state index in [0.29, 0.717) is 17.7 Å². The largest absolute Gasteiger partial charge is 0.508 e. The first-order valence-corrected chi connectivity index (χ1v) is 12.1. The summed E-state index contributed by atoms with van der Waals surface area (Å²) in [5.41, 5.74) is 2.27. The van der Waals surface area contributed by atoms with Gasteiger partial charge in [-0.1, -0.05) is 44.2 Å². The minimum Gasteiger partial charge on any atom is -0.508 e. The number of alkyl carbamates (subject to hydrolysis) is 1. The normalized spacial score (nSPS) is 13.0. The van der Waals surface area contributed by atoms with Gasteiger partial charge in [0.2, 0.25) is 5.91 Å². The first-order valence-electron chi connectivity index (χ1n) is 12.1. The van der Waals surface area contributed by atoms with Crippen LogP contribution in [0.2, 0.25) is 0 Å². The molecule has 3 amide bonds. The van der Waals surface area contributed by atoms with Crippen molar-refractivity contribution in [2.75, 3.05) is 12.4 Å². The van der Waals surface area contributed by atoms with Crippen molar-refractivity contribution in [2.45, 2.75) is 72.6 Å². The Morgan fingerprint density at radius 1 is 1.00 bits per heavy atom. The van der Waals surface area contributed by atoms with E-state index in [1.807, 2.05) is 45.9 Å². The minimum atomic E-state index is -1.01. The van der Waals surface area contributed by atoms with Gasteiger partial charge in [-0.3, -0.25) is 9.59 Å². The van der Waals surface area contributed by atoms with Crippen LogP contribution >= 0.6 is 0 Å². The van der Waals surface area contributed by atoms with Crippen molar-refractivity contribution in [2.24, 2.45) is 5.92 Å². The van der Waals surface area contributed by atoms with Gasteiger partial charge in [0.25, 0.3) is 5.91 Å². The molecule has 36 heavy (non-hydrogen) atoms. The van der Waals surface area contributed by atoms with E-state index >= 15 is 0 Å². The standard InChI is InChI=1S/C28H39N3O5/c1-17(2)16-22(29-27(35)36-28(5,6)7)26(34)31(8)24(20-12-14-21(32)15-13-20)25(33)30-23-18(3)10-9-11-19(23)4/h9-15,17,22,24,32H,16H2,1-8H3,(H,29,35)(H,30,33). The molecule has 3 N–H and O–H groups in total. The monoisotopic (exact) mass is 497 g/mol. The number of rotatable bonds is 8. The third kappa shape index (κ3) is 8.00. The number of likely N-dealkylation sites (N-methyl/N-ethyl adjacent to an activating group) is 1. The molecular formula is C28H39N3O5. The lowest BCUT2D eigenvalue weighted by atomic mass is 9.99. The average molecular weight is 498 g/mol. The number of phenols is 1. The molecule has 2 aromatic rings. The van der Waals surface area contributed by atoms with Gasteiger partial charge in [0.15, 0.2) is 0 Å². The van der Waals surface area contributed by atoms with Crippen LogP contribution in [0.4, 0.5) is 10.5 Å². The fourth-order valence-corrected chi connectivity index (χ4v) is 3.93. The number of ether oxygens (including phenoxy) is 1. The Labute approximate surface area is 214 Å². The molecule has 0 spiro atoms. The maximum absolute atomic E-state index is 13.7. The van der Waals surface area contributed by atoms with E-state index in [1.54, 1.807) is 32.9 Å². The molecule has 0 heterocycles.